The third-order valence-electron chi connectivity index (χ3n) is 6.55. The Balaban J connectivity index is 1.36. The van der Waals surface area contributed by atoms with E-state index in [1.165, 1.54) is 18.1 Å². The first-order chi connectivity index (χ1) is 18.5. The molecule has 38 heavy (non-hydrogen) atoms. The van der Waals surface area contributed by atoms with Gasteiger partial charge in [0.2, 0.25) is 0 Å². The molecule has 5 aromatic rings. The van der Waals surface area contributed by atoms with Crippen LogP contribution in [0.2, 0.25) is 5.02 Å². The largest absolute Gasteiger partial charge is 0.453 e. The fraction of sp³-hybridized carbons (Fsp3) is 0.154. The Morgan fingerprint density at radius 2 is 2.03 bits per heavy atom. The normalized spacial score (nSPS) is 14.3. The van der Waals surface area contributed by atoms with Crippen LogP contribution in [0.5, 0.6) is 0 Å². The predicted octanol–water partition coefficient (Wildman–Crippen LogP) is 4.25. The summed E-state index contributed by atoms with van der Waals surface area (Å²) in [5.41, 5.74) is 5.01. The summed E-state index contributed by atoms with van der Waals surface area (Å²) in [7, 11) is 1.31. The quantitative estimate of drug-likeness (QED) is 0.348. The molecule has 2 aromatic carbocycles. The number of aromatic nitrogens is 7. The number of rotatable bonds is 5. The molecule has 0 unspecified atom stereocenters. The highest BCUT2D eigenvalue weighted by molar-refractivity contribution is 6.31. The van der Waals surface area contributed by atoms with Gasteiger partial charge in [0.05, 0.1) is 36.4 Å². The van der Waals surface area contributed by atoms with Crippen molar-refractivity contribution in [2.75, 3.05) is 12.4 Å². The molecule has 2 N–H and O–H groups in total. The number of halogens is 1. The number of pyridine rings is 1. The van der Waals surface area contributed by atoms with Crippen molar-refractivity contribution in [1.82, 2.24) is 34.7 Å². The number of anilines is 1. The lowest BCUT2D eigenvalue weighted by Crippen LogP contribution is -2.23. The Bertz CT molecular complexity index is 1710. The number of nitrogens with one attached hydrogen (secondary N) is 2. The lowest BCUT2D eigenvalue weighted by Gasteiger charge is -2.15. The van der Waals surface area contributed by atoms with E-state index in [4.69, 9.17) is 16.3 Å². The molecule has 3 aromatic heterocycles. The molecule has 4 heterocycles. The minimum absolute atomic E-state index is 0.145. The molecule has 0 radical (unpaired) electrons. The Labute approximate surface area is 221 Å². The monoisotopic (exact) mass is 528 g/mol. The molecule has 1 aliphatic heterocycles. The second-order valence-electron chi connectivity index (χ2n) is 8.76. The first-order valence-corrected chi connectivity index (χ1v) is 12.2. The van der Waals surface area contributed by atoms with Gasteiger partial charge >= 0.3 is 6.09 Å². The van der Waals surface area contributed by atoms with E-state index in [-0.39, 0.29) is 11.6 Å². The van der Waals surface area contributed by atoms with Crippen molar-refractivity contribution in [3.8, 4) is 28.1 Å². The van der Waals surface area contributed by atoms with Gasteiger partial charge < -0.3 is 14.3 Å². The maximum atomic E-state index is 13.4. The molecular formula is C26H21ClN8O3. The van der Waals surface area contributed by atoms with Gasteiger partial charge in [-0.15, -0.1) is 5.10 Å². The Hall–Kier alpha value is -4.77. The van der Waals surface area contributed by atoms with Gasteiger partial charge in [0.25, 0.3) is 5.56 Å². The van der Waals surface area contributed by atoms with Crippen LogP contribution < -0.4 is 10.9 Å². The average Bonchev–Trinajstić information content (AvgIpc) is 3.70. The van der Waals surface area contributed by atoms with E-state index < -0.39 is 6.09 Å². The maximum Gasteiger partial charge on any atom is 0.411 e. The van der Waals surface area contributed by atoms with Crippen molar-refractivity contribution < 1.29 is 9.53 Å². The zero-order chi connectivity index (χ0) is 26.2. The number of hydrogen-bond acceptors (Lipinski definition) is 7. The minimum atomic E-state index is -0.563. The van der Waals surface area contributed by atoms with Gasteiger partial charge in [0, 0.05) is 27.9 Å². The standard InChI is InChI=1S/C26H21ClN8O3/c1-38-26(37)31-20-5-3-2-4-18(20)21-13-28-25(30-21)23-9-7-17-10-15(11-24(36)35(17)23)19-12-16(27)6-8-22(19)34-14-29-32-33-34/h2-6,8,10-14,23H,7,9H2,1H3,(H,28,30)(H,31,37)/t23-/m0/s1. The van der Waals surface area contributed by atoms with Crippen LogP contribution in [-0.4, -0.2) is 47.9 Å². The number of H-pyrrole nitrogens is 1. The number of benzene rings is 2. The van der Waals surface area contributed by atoms with Crippen molar-refractivity contribution in [2.24, 2.45) is 0 Å². The Morgan fingerprint density at radius 1 is 1.16 bits per heavy atom. The number of para-hydroxylation sites is 1. The summed E-state index contributed by atoms with van der Waals surface area (Å²) >= 11 is 6.30. The zero-order valence-corrected chi connectivity index (χ0v) is 20.9. The van der Waals surface area contributed by atoms with E-state index in [9.17, 15) is 9.59 Å². The second kappa shape index (κ2) is 9.60. The molecule has 0 aliphatic carbocycles. The number of nitrogens with zero attached hydrogens (tertiary/aromatic N) is 6. The molecule has 1 amide bonds. The molecule has 0 fully saturated rings. The SMILES string of the molecule is COC(=O)Nc1ccccc1-c1cnc([C@@H]2CCc3cc(-c4cc(Cl)ccc4-n4cnnn4)cc(=O)n32)[nH]1. The lowest BCUT2D eigenvalue weighted by atomic mass is 10.0. The van der Waals surface area contributed by atoms with Crippen LogP contribution in [0.15, 0.2) is 71.9 Å². The second-order valence-corrected chi connectivity index (χ2v) is 9.19. The number of carbonyl (C=O) groups excluding carboxylic acids is 1. The number of tetrazole rings is 1. The smallest absolute Gasteiger partial charge is 0.411 e. The van der Waals surface area contributed by atoms with Crippen molar-refractivity contribution in [2.45, 2.75) is 18.9 Å². The molecule has 1 atom stereocenters. The summed E-state index contributed by atoms with van der Waals surface area (Å²) < 4.78 is 8.04. The van der Waals surface area contributed by atoms with Crippen LogP contribution in [0.1, 0.15) is 24.0 Å². The molecule has 0 spiro atoms. The molecule has 12 heteroatoms. The number of fused-ring (bicyclic) bond motifs is 1. The summed E-state index contributed by atoms with van der Waals surface area (Å²) in [5.74, 6) is 0.665. The van der Waals surface area contributed by atoms with Crippen LogP contribution >= 0.6 is 11.6 Å². The predicted molar refractivity (Wildman–Crippen MR) is 140 cm³/mol. The van der Waals surface area contributed by atoms with Gasteiger partial charge in [-0.2, -0.15) is 4.68 Å². The lowest BCUT2D eigenvalue weighted by molar-refractivity contribution is 0.187. The Morgan fingerprint density at radius 3 is 2.84 bits per heavy atom. The van der Waals surface area contributed by atoms with Gasteiger partial charge in [-0.3, -0.25) is 10.1 Å². The first-order valence-electron chi connectivity index (χ1n) is 11.8. The van der Waals surface area contributed by atoms with Gasteiger partial charge in [0.15, 0.2) is 0 Å². The van der Waals surface area contributed by atoms with Gasteiger partial charge in [-0.05, 0) is 59.2 Å². The van der Waals surface area contributed by atoms with Crippen LogP contribution in [0.3, 0.4) is 0 Å². The maximum absolute atomic E-state index is 13.4. The summed E-state index contributed by atoms with van der Waals surface area (Å²) in [5, 5.41) is 14.7. The number of methoxy groups -OCH3 is 1. The van der Waals surface area contributed by atoms with E-state index in [1.54, 1.807) is 35.0 Å². The minimum Gasteiger partial charge on any atom is -0.453 e. The number of hydrogen-bond donors (Lipinski definition) is 2. The summed E-state index contributed by atoms with van der Waals surface area (Å²) in [6.07, 6.45) is 4.05. The third-order valence-corrected chi connectivity index (χ3v) is 6.78. The van der Waals surface area contributed by atoms with Crippen molar-refractivity contribution in [1.29, 1.82) is 0 Å². The third kappa shape index (κ3) is 4.22. The van der Waals surface area contributed by atoms with Crippen LogP contribution in [0, 0.1) is 0 Å². The fourth-order valence-corrected chi connectivity index (χ4v) is 5.02. The number of imidazole rings is 1. The van der Waals surface area contributed by atoms with E-state index in [0.717, 1.165) is 28.1 Å². The van der Waals surface area contributed by atoms with Gasteiger partial charge in [-0.1, -0.05) is 29.8 Å². The van der Waals surface area contributed by atoms with Gasteiger partial charge in [0.1, 0.15) is 12.2 Å². The Kier molecular flexibility index (Phi) is 5.97. The van der Waals surface area contributed by atoms with Crippen LogP contribution in [0.4, 0.5) is 10.5 Å². The highest BCUT2D eigenvalue weighted by atomic mass is 35.5. The summed E-state index contributed by atoms with van der Waals surface area (Å²) in [6.45, 7) is 0. The number of ether oxygens (including phenoxy) is 1. The molecule has 11 nitrogen and oxygen atoms in total. The van der Waals surface area contributed by atoms with Crippen molar-refractivity contribution in [3.63, 3.8) is 0 Å². The molecule has 0 bridgehead atoms. The molecule has 0 saturated carbocycles. The molecular weight excluding hydrogens is 508 g/mol. The molecule has 6 rings (SSSR count). The van der Waals surface area contributed by atoms with Crippen molar-refractivity contribution >= 4 is 23.4 Å². The molecule has 0 saturated heterocycles. The van der Waals surface area contributed by atoms with E-state index in [2.05, 4.69) is 30.8 Å². The van der Waals surface area contributed by atoms with E-state index in [1.807, 2.05) is 30.3 Å². The number of amides is 1. The summed E-state index contributed by atoms with van der Waals surface area (Å²) in [4.78, 5) is 33.2. The zero-order valence-electron chi connectivity index (χ0n) is 20.1. The van der Waals surface area contributed by atoms with E-state index >= 15 is 0 Å². The fourth-order valence-electron chi connectivity index (χ4n) is 4.85. The first kappa shape index (κ1) is 23.6. The van der Waals surface area contributed by atoms with Gasteiger partial charge in [-0.25, -0.2) is 9.78 Å². The van der Waals surface area contributed by atoms with E-state index in [0.29, 0.717) is 35.1 Å². The topological polar surface area (TPSA) is 133 Å². The van der Waals surface area contributed by atoms with Crippen molar-refractivity contribution in [3.05, 3.63) is 94.0 Å². The average molecular weight is 529 g/mol. The summed E-state index contributed by atoms with van der Waals surface area (Å²) in [6, 6.07) is 16.1. The van der Waals surface area contributed by atoms with Crippen LogP contribution in [0.25, 0.3) is 28.1 Å². The number of carbonyl (C=O) groups is 1. The highest BCUT2D eigenvalue weighted by Gasteiger charge is 2.28. The highest BCUT2D eigenvalue weighted by Crippen LogP contribution is 2.35. The number of aryl methyl sites for hydroxylation is 1. The number of aromatic amines is 1. The van der Waals surface area contributed by atoms with Crippen LogP contribution in [-0.2, 0) is 11.2 Å². The molecule has 1 aliphatic rings. The molecule has 190 valence electrons.